The molecule has 6 nitrogen and oxygen atoms in total. The Hall–Kier alpha value is -3.15. The van der Waals surface area contributed by atoms with Gasteiger partial charge in [0.2, 0.25) is 0 Å². The summed E-state index contributed by atoms with van der Waals surface area (Å²) >= 11 is 0. The topological polar surface area (TPSA) is 64.0 Å². The monoisotopic (exact) mass is 351 g/mol. The fraction of sp³-hybridized carbons (Fsp3) is 0.250. The summed E-state index contributed by atoms with van der Waals surface area (Å²) in [5.41, 5.74) is 4.36. The molecule has 0 saturated carbocycles. The number of methoxy groups -OCH3 is 2. The van der Waals surface area contributed by atoms with Crippen LogP contribution in [0, 0.1) is 0 Å². The van der Waals surface area contributed by atoms with Gasteiger partial charge in [-0.3, -0.25) is 9.79 Å². The second kappa shape index (κ2) is 7.39. The third kappa shape index (κ3) is 3.06. The first-order valence-electron chi connectivity index (χ1n) is 8.24. The van der Waals surface area contributed by atoms with Crippen LogP contribution in [0.25, 0.3) is 11.1 Å². The number of fused-ring (bicyclic) bond motifs is 1. The third-order valence-corrected chi connectivity index (χ3v) is 4.34. The second-order valence-corrected chi connectivity index (χ2v) is 5.80. The molecule has 2 heterocycles. The van der Waals surface area contributed by atoms with Gasteiger partial charge in [0.05, 0.1) is 26.5 Å². The van der Waals surface area contributed by atoms with Crippen LogP contribution in [0.1, 0.15) is 22.8 Å². The minimum absolute atomic E-state index is 0.00927. The van der Waals surface area contributed by atoms with Crippen molar-refractivity contribution < 1.29 is 14.3 Å². The van der Waals surface area contributed by atoms with Crippen molar-refractivity contribution in [3.8, 4) is 22.8 Å². The number of hydrogen-bond acceptors (Lipinski definition) is 5. The second-order valence-electron chi connectivity index (χ2n) is 5.80. The van der Waals surface area contributed by atoms with E-state index in [4.69, 9.17) is 9.47 Å². The molecule has 2 aromatic rings. The average Bonchev–Trinajstić information content (AvgIpc) is 3.01. The number of amides is 1. The summed E-state index contributed by atoms with van der Waals surface area (Å²) in [6.07, 6.45) is 5.32. The number of carbonyl (C=O) groups excluding carboxylic acids is 1. The number of rotatable bonds is 5. The summed E-state index contributed by atoms with van der Waals surface area (Å²) in [5.74, 6) is 0.999. The van der Waals surface area contributed by atoms with Gasteiger partial charge in [-0.2, -0.15) is 0 Å². The Bertz CT molecular complexity index is 903. The largest absolute Gasteiger partial charge is 0.491 e. The van der Waals surface area contributed by atoms with Crippen LogP contribution >= 0.6 is 0 Å². The Balaban J connectivity index is 1.96. The summed E-state index contributed by atoms with van der Waals surface area (Å²) in [7, 11) is 4.83. The molecule has 0 fully saturated rings. The number of allylic oxidation sites excluding steroid dienone is 2. The Morgan fingerprint density at radius 2 is 2.04 bits per heavy atom. The zero-order valence-electron chi connectivity index (χ0n) is 15.3. The van der Waals surface area contributed by atoms with Gasteiger partial charge in [-0.1, -0.05) is 12.1 Å². The van der Waals surface area contributed by atoms with Crippen LogP contribution in [0.3, 0.4) is 0 Å². The molecule has 6 heteroatoms. The highest BCUT2D eigenvalue weighted by Crippen LogP contribution is 2.33. The molecule has 26 heavy (non-hydrogen) atoms. The lowest BCUT2D eigenvalue weighted by Crippen LogP contribution is -2.23. The van der Waals surface area contributed by atoms with E-state index >= 15 is 0 Å². The van der Waals surface area contributed by atoms with Crippen molar-refractivity contribution in [1.82, 2.24) is 9.88 Å². The van der Waals surface area contributed by atoms with E-state index < -0.39 is 0 Å². The standard InChI is InChI=1S/C20H21N3O3/c1-5-16(11-21-2)23-12-15-8-13(6-7-17(15)20(23)24)14-9-18(25-3)19(26-4)22-10-14/h5-11H,12H2,1-4H3/b16-5+,21-11-. The van der Waals surface area contributed by atoms with E-state index in [9.17, 15) is 4.79 Å². The fourth-order valence-corrected chi connectivity index (χ4v) is 3.03. The van der Waals surface area contributed by atoms with Gasteiger partial charge < -0.3 is 14.4 Å². The van der Waals surface area contributed by atoms with Crippen LogP contribution in [-0.2, 0) is 6.54 Å². The highest BCUT2D eigenvalue weighted by Gasteiger charge is 2.29. The quantitative estimate of drug-likeness (QED) is 0.775. The predicted octanol–water partition coefficient (Wildman–Crippen LogP) is 3.33. The van der Waals surface area contributed by atoms with Crippen LogP contribution in [0.2, 0.25) is 0 Å². The van der Waals surface area contributed by atoms with Gasteiger partial charge in [0.15, 0.2) is 5.75 Å². The maximum absolute atomic E-state index is 12.7. The van der Waals surface area contributed by atoms with Gasteiger partial charge >= 0.3 is 0 Å². The molecule has 1 aliphatic rings. The van der Waals surface area contributed by atoms with Crippen LogP contribution in [0.4, 0.5) is 0 Å². The Kier molecular flexibility index (Phi) is 5.02. The molecule has 1 aromatic heterocycles. The lowest BCUT2D eigenvalue weighted by atomic mass is 10.0. The van der Waals surface area contributed by atoms with Gasteiger partial charge in [-0.15, -0.1) is 0 Å². The number of carbonyl (C=O) groups is 1. The minimum atomic E-state index is -0.00927. The van der Waals surface area contributed by atoms with Crippen LogP contribution in [0.5, 0.6) is 11.6 Å². The smallest absolute Gasteiger partial charge is 0.258 e. The summed E-state index contributed by atoms with van der Waals surface area (Å²) in [5, 5.41) is 0. The average molecular weight is 351 g/mol. The number of hydrogen-bond donors (Lipinski definition) is 0. The van der Waals surface area contributed by atoms with Gasteiger partial charge in [0.25, 0.3) is 11.8 Å². The predicted molar refractivity (Wildman–Crippen MR) is 101 cm³/mol. The van der Waals surface area contributed by atoms with E-state index in [-0.39, 0.29) is 5.91 Å². The fourth-order valence-electron chi connectivity index (χ4n) is 3.03. The molecule has 0 N–H and O–H groups in total. The first-order valence-corrected chi connectivity index (χ1v) is 8.24. The summed E-state index contributed by atoms with van der Waals surface area (Å²) in [6, 6.07) is 7.68. The van der Waals surface area contributed by atoms with Crippen molar-refractivity contribution in [3.63, 3.8) is 0 Å². The molecule has 0 spiro atoms. The van der Waals surface area contributed by atoms with E-state index in [2.05, 4.69) is 9.98 Å². The molecule has 1 aromatic carbocycles. The van der Waals surface area contributed by atoms with E-state index in [1.165, 1.54) is 0 Å². The highest BCUT2D eigenvalue weighted by atomic mass is 16.5. The molecule has 0 unspecified atom stereocenters. The van der Waals surface area contributed by atoms with Crippen molar-refractivity contribution in [2.45, 2.75) is 13.5 Å². The SMILES string of the molecule is C/C=C(\C=N/C)N1Cc2cc(-c3cnc(OC)c(OC)c3)ccc2C1=O. The van der Waals surface area contributed by atoms with Crippen molar-refractivity contribution in [3.05, 3.63) is 53.4 Å². The van der Waals surface area contributed by atoms with E-state index in [0.29, 0.717) is 23.7 Å². The molecule has 1 amide bonds. The third-order valence-electron chi connectivity index (χ3n) is 4.34. The summed E-state index contributed by atoms with van der Waals surface area (Å²) < 4.78 is 10.5. The number of aliphatic imine (C=N–C) groups is 1. The summed E-state index contributed by atoms with van der Waals surface area (Å²) in [6.45, 7) is 2.42. The van der Waals surface area contributed by atoms with Crippen LogP contribution < -0.4 is 9.47 Å². The maximum Gasteiger partial charge on any atom is 0.258 e. The number of pyridine rings is 1. The number of aromatic nitrogens is 1. The zero-order valence-corrected chi connectivity index (χ0v) is 15.3. The number of benzene rings is 1. The maximum atomic E-state index is 12.7. The summed E-state index contributed by atoms with van der Waals surface area (Å²) in [4.78, 5) is 22.7. The van der Waals surface area contributed by atoms with Crippen LogP contribution in [0.15, 0.2) is 47.2 Å². The molecular formula is C20H21N3O3. The number of ether oxygens (including phenoxy) is 2. The molecule has 0 radical (unpaired) electrons. The normalized spacial score (nSPS) is 14.1. The van der Waals surface area contributed by atoms with E-state index in [1.54, 1.807) is 38.6 Å². The molecule has 0 bridgehead atoms. The molecule has 134 valence electrons. The molecule has 0 aliphatic carbocycles. The van der Waals surface area contributed by atoms with Crippen molar-refractivity contribution >= 4 is 12.1 Å². The Morgan fingerprint density at radius 1 is 1.23 bits per heavy atom. The molecule has 0 saturated heterocycles. The number of nitrogens with zero attached hydrogens (tertiary/aromatic N) is 3. The van der Waals surface area contributed by atoms with Gasteiger partial charge in [0, 0.05) is 30.6 Å². The highest BCUT2D eigenvalue weighted by molar-refractivity contribution is 6.02. The Morgan fingerprint density at radius 3 is 2.69 bits per heavy atom. The molecular weight excluding hydrogens is 330 g/mol. The first kappa shape index (κ1) is 17.7. The van der Waals surface area contributed by atoms with Gasteiger partial charge in [-0.25, -0.2) is 4.98 Å². The molecule has 3 rings (SSSR count). The zero-order chi connectivity index (χ0) is 18.7. The Labute approximate surface area is 152 Å². The lowest BCUT2D eigenvalue weighted by Gasteiger charge is -2.15. The van der Waals surface area contributed by atoms with E-state index in [1.807, 2.05) is 37.3 Å². The molecule has 1 aliphatic heterocycles. The van der Waals surface area contributed by atoms with Crippen molar-refractivity contribution in [1.29, 1.82) is 0 Å². The lowest BCUT2D eigenvalue weighted by molar-refractivity contribution is 0.0834. The van der Waals surface area contributed by atoms with Crippen molar-refractivity contribution in [2.24, 2.45) is 4.99 Å². The van der Waals surface area contributed by atoms with E-state index in [0.717, 1.165) is 22.4 Å². The van der Waals surface area contributed by atoms with Crippen LogP contribution in [-0.4, -0.2) is 43.3 Å². The minimum Gasteiger partial charge on any atom is -0.491 e. The van der Waals surface area contributed by atoms with Gasteiger partial charge in [-0.05, 0) is 36.2 Å². The first-order chi connectivity index (χ1) is 12.6. The van der Waals surface area contributed by atoms with Gasteiger partial charge in [0.1, 0.15) is 0 Å². The molecule has 0 atom stereocenters. The van der Waals surface area contributed by atoms with Crippen molar-refractivity contribution in [2.75, 3.05) is 21.3 Å².